The normalized spacial score (nSPS) is 10.1. The Morgan fingerprint density at radius 2 is 1.86 bits per heavy atom. The van der Waals surface area contributed by atoms with Gasteiger partial charge in [-0.2, -0.15) is 0 Å². The van der Waals surface area contributed by atoms with Gasteiger partial charge in [0.1, 0.15) is 0 Å². The molecule has 2 aromatic rings. The quantitative estimate of drug-likeness (QED) is 0.818. The zero-order valence-electron chi connectivity index (χ0n) is 11.7. The van der Waals surface area contributed by atoms with Gasteiger partial charge < -0.3 is 10.1 Å². The molecule has 0 aromatic heterocycles. The van der Waals surface area contributed by atoms with E-state index in [1.807, 2.05) is 0 Å². The third kappa shape index (κ3) is 3.87. The van der Waals surface area contributed by atoms with E-state index < -0.39 is 5.97 Å². The molecule has 4 nitrogen and oxygen atoms in total. The van der Waals surface area contributed by atoms with Crippen LogP contribution in [0.25, 0.3) is 0 Å². The van der Waals surface area contributed by atoms with Crippen molar-refractivity contribution >= 4 is 39.4 Å². The summed E-state index contributed by atoms with van der Waals surface area (Å²) in [5.41, 5.74) is 1.73. The van der Waals surface area contributed by atoms with E-state index in [9.17, 15) is 9.59 Å². The monoisotopic (exact) mass is 381 g/mol. The van der Waals surface area contributed by atoms with Crippen molar-refractivity contribution < 1.29 is 14.3 Å². The lowest BCUT2D eigenvalue weighted by Gasteiger charge is -2.09. The van der Waals surface area contributed by atoms with Gasteiger partial charge in [-0.1, -0.05) is 29.8 Å². The molecule has 0 aliphatic heterocycles. The van der Waals surface area contributed by atoms with Gasteiger partial charge in [-0.05, 0) is 45.8 Å². The smallest absolute Gasteiger partial charge is 0.337 e. The Labute approximate surface area is 141 Å². The number of nitrogens with one attached hydrogen (secondary N) is 1. The summed E-state index contributed by atoms with van der Waals surface area (Å²) in [5, 5.41) is 3.17. The largest absolute Gasteiger partial charge is 0.465 e. The van der Waals surface area contributed by atoms with Gasteiger partial charge in [0.25, 0.3) is 5.91 Å². The Bertz CT molecular complexity index is 681. The van der Waals surface area contributed by atoms with E-state index >= 15 is 0 Å². The first-order chi connectivity index (χ1) is 10.5. The number of amides is 1. The number of carbonyl (C=O) groups excluding carboxylic acids is 2. The Morgan fingerprint density at radius 1 is 1.18 bits per heavy atom. The van der Waals surface area contributed by atoms with Gasteiger partial charge in [0.2, 0.25) is 0 Å². The summed E-state index contributed by atoms with van der Waals surface area (Å²) in [4.78, 5) is 23.5. The van der Waals surface area contributed by atoms with Crippen LogP contribution in [0.1, 0.15) is 26.3 Å². The molecule has 2 aromatic carbocycles. The van der Waals surface area contributed by atoms with Crippen molar-refractivity contribution in [2.75, 3.05) is 7.11 Å². The van der Waals surface area contributed by atoms with Gasteiger partial charge >= 0.3 is 5.97 Å². The van der Waals surface area contributed by atoms with Gasteiger partial charge in [0, 0.05) is 11.0 Å². The maximum atomic E-state index is 12.2. The molecule has 0 heterocycles. The zero-order valence-corrected chi connectivity index (χ0v) is 14.1. The highest BCUT2D eigenvalue weighted by atomic mass is 79.9. The Morgan fingerprint density at radius 3 is 2.45 bits per heavy atom. The van der Waals surface area contributed by atoms with E-state index in [1.54, 1.807) is 42.5 Å². The number of esters is 1. The number of carbonyl (C=O) groups is 2. The molecule has 0 saturated carbocycles. The van der Waals surface area contributed by atoms with Crippen molar-refractivity contribution in [1.82, 2.24) is 5.32 Å². The summed E-state index contributed by atoms with van der Waals surface area (Å²) >= 11 is 9.35. The number of ether oxygens (including phenoxy) is 1. The molecule has 0 saturated heterocycles. The van der Waals surface area contributed by atoms with E-state index in [0.717, 1.165) is 5.56 Å². The maximum absolute atomic E-state index is 12.2. The van der Waals surface area contributed by atoms with E-state index in [2.05, 4.69) is 26.0 Å². The van der Waals surface area contributed by atoms with Crippen LogP contribution in [0.4, 0.5) is 0 Å². The van der Waals surface area contributed by atoms with Crippen molar-refractivity contribution in [3.05, 3.63) is 68.7 Å². The van der Waals surface area contributed by atoms with Crippen molar-refractivity contribution in [1.29, 1.82) is 0 Å². The number of rotatable bonds is 4. The van der Waals surface area contributed by atoms with E-state index in [-0.39, 0.29) is 5.91 Å². The molecule has 0 aliphatic rings. The second-order valence-corrected chi connectivity index (χ2v) is 5.73. The van der Waals surface area contributed by atoms with Crippen LogP contribution in [0, 0.1) is 0 Å². The molecule has 2 rings (SSSR count). The minimum Gasteiger partial charge on any atom is -0.465 e. The molecule has 0 fully saturated rings. The van der Waals surface area contributed by atoms with Crippen molar-refractivity contribution in [3.63, 3.8) is 0 Å². The van der Waals surface area contributed by atoms with Crippen LogP contribution in [-0.2, 0) is 11.3 Å². The Balaban J connectivity index is 2.04. The minimum atomic E-state index is -0.393. The Hall–Kier alpha value is -1.85. The first kappa shape index (κ1) is 16.5. The molecule has 6 heteroatoms. The fourth-order valence-corrected chi connectivity index (χ4v) is 2.78. The van der Waals surface area contributed by atoms with Crippen LogP contribution >= 0.6 is 27.5 Å². The van der Waals surface area contributed by atoms with Crippen LogP contribution in [0.5, 0.6) is 0 Å². The molecular formula is C16H13BrClNO3. The molecule has 0 unspecified atom stereocenters. The van der Waals surface area contributed by atoms with E-state index in [4.69, 9.17) is 11.6 Å². The van der Waals surface area contributed by atoms with E-state index in [1.165, 1.54) is 7.11 Å². The summed E-state index contributed by atoms with van der Waals surface area (Å²) in [5.74, 6) is -0.662. The molecule has 22 heavy (non-hydrogen) atoms. The summed E-state index contributed by atoms with van der Waals surface area (Å²) in [7, 11) is 1.33. The maximum Gasteiger partial charge on any atom is 0.337 e. The van der Waals surface area contributed by atoms with Crippen LogP contribution in [0.3, 0.4) is 0 Å². The average Bonchev–Trinajstić information content (AvgIpc) is 2.52. The van der Waals surface area contributed by atoms with Crippen molar-refractivity contribution in [2.45, 2.75) is 6.54 Å². The number of methoxy groups -OCH3 is 1. The summed E-state index contributed by atoms with van der Waals surface area (Å²) in [6.07, 6.45) is 0. The summed E-state index contributed by atoms with van der Waals surface area (Å²) in [6.45, 7) is 0.331. The molecule has 0 aliphatic carbocycles. The topological polar surface area (TPSA) is 55.4 Å². The number of hydrogen-bond acceptors (Lipinski definition) is 3. The second kappa shape index (κ2) is 7.42. The molecule has 1 N–H and O–H groups in total. The average molecular weight is 383 g/mol. The lowest BCUT2D eigenvalue weighted by atomic mass is 10.1. The van der Waals surface area contributed by atoms with Gasteiger partial charge in [0.05, 0.1) is 23.3 Å². The molecule has 0 atom stereocenters. The SMILES string of the molecule is COC(=O)c1ccc(CNC(=O)c2c(Cl)cccc2Br)cc1. The van der Waals surface area contributed by atoms with Crippen LogP contribution in [0.2, 0.25) is 5.02 Å². The first-order valence-corrected chi connectivity index (χ1v) is 7.59. The molecule has 0 radical (unpaired) electrons. The predicted octanol–water partition coefficient (Wildman–Crippen LogP) is 3.82. The second-order valence-electron chi connectivity index (χ2n) is 4.47. The third-order valence-corrected chi connectivity index (χ3v) is 3.99. The highest BCUT2D eigenvalue weighted by Crippen LogP contribution is 2.24. The van der Waals surface area contributed by atoms with Gasteiger partial charge in [-0.15, -0.1) is 0 Å². The lowest BCUT2D eigenvalue weighted by molar-refractivity contribution is 0.0600. The highest BCUT2D eigenvalue weighted by Gasteiger charge is 2.13. The van der Waals surface area contributed by atoms with Gasteiger partial charge in [0.15, 0.2) is 0 Å². The zero-order chi connectivity index (χ0) is 16.1. The van der Waals surface area contributed by atoms with Crippen molar-refractivity contribution in [2.24, 2.45) is 0 Å². The fraction of sp³-hybridized carbons (Fsp3) is 0.125. The number of hydrogen-bond donors (Lipinski definition) is 1. The van der Waals surface area contributed by atoms with Crippen LogP contribution < -0.4 is 5.32 Å². The molecule has 1 amide bonds. The van der Waals surface area contributed by atoms with Crippen LogP contribution in [-0.4, -0.2) is 19.0 Å². The standard InChI is InChI=1S/C16H13BrClNO3/c1-22-16(21)11-7-5-10(6-8-11)9-19-15(20)14-12(17)3-2-4-13(14)18/h2-8H,9H2,1H3,(H,19,20). The highest BCUT2D eigenvalue weighted by molar-refractivity contribution is 9.10. The number of benzene rings is 2. The summed E-state index contributed by atoms with van der Waals surface area (Å²) in [6, 6.07) is 12.0. The minimum absolute atomic E-state index is 0.269. The molecule has 0 spiro atoms. The Kier molecular flexibility index (Phi) is 5.57. The first-order valence-electron chi connectivity index (χ1n) is 6.42. The summed E-state index contributed by atoms with van der Waals surface area (Å²) < 4.78 is 5.27. The molecule has 0 bridgehead atoms. The fourth-order valence-electron chi connectivity index (χ4n) is 1.86. The number of halogens is 2. The third-order valence-electron chi connectivity index (χ3n) is 3.02. The predicted molar refractivity (Wildman–Crippen MR) is 88.1 cm³/mol. The van der Waals surface area contributed by atoms with Gasteiger partial charge in [-0.3, -0.25) is 4.79 Å². The van der Waals surface area contributed by atoms with Crippen LogP contribution in [0.15, 0.2) is 46.9 Å². The van der Waals surface area contributed by atoms with E-state index in [0.29, 0.717) is 27.2 Å². The molecular weight excluding hydrogens is 370 g/mol. The van der Waals surface area contributed by atoms with Gasteiger partial charge in [-0.25, -0.2) is 4.79 Å². The lowest BCUT2D eigenvalue weighted by Crippen LogP contribution is -2.23. The van der Waals surface area contributed by atoms with Crippen molar-refractivity contribution in [3.8, 4) is 0 Å². The molecule has 114 valence electrons.